The summed E-state index contributed by atoms with van der Waals surface area (Å²) in [5.74, 6) is -0.0513. The number of hydrogen-bond acceptors (Lipinski definition) is 3. The fraction of sp³-hybridized carbons (Fsp3) is 0.462. The molecule has 2 unspecified atom stereocenters. The monoisotopic (exact) mass is 233 g/mol. The van der Waals surface area contributed by atoms with E-state index < -0.39 is 5.82 Å². The summed E-state index contributed by atoms with van der Waals surface area (Å²) in [6, 6.07) is 6.82. The number of halogens is 1. The molecule has 2 atom stereocenters. The van der Waals surface area contributed by atoms with E-state index in [0.29, 0.717) is 18.2 Å². The number of hydrogen-bond donors (Lipinski definition) is 2. The largest absolute Gasteiger partial charge is 0.381 e. The lowest BCUT2D eigenvalue weighted by atomic mass is 10.0. The molecule has 3 nitrogen and oxygen atoms in total. The van der Waals surface area contributed by atoms with E-state index >= 15 is 0 Å². The van der Waals surface area contributed by atoms with Crippen LogP contribution in [0.5, 0.6) is 0 Å². The van der Waals surface area contributed by atoms with Crippen LogP contribution >= 0.6 is 0 Å². The van der Waals surface area contributed by atoms with Crippen molar-refractivity contribution in [3.8, 4) is 6.07 Å². The lowest BCUT2D eigenvalue weighted by molar-refractivity contribution is 0.516. The topological polar surface area (TPSA) is 61.8 Å². The Kier molecular flexibility index (Phi) is 3.60. The standard InChI is InChI=1S/C13H16FN3/c14-11-4-2-6-13(10(11)8-16)17-12-5-1-3-9(12)7-15/h2,4,6,9,12,17H,1,3,5,7,15H2. The highest BCUT2D eigenvalue weighted by Gasteiger charge is 2.26. The van der Waals surface area contributed by atoms with E-state index in [1.165, 1.54) is 6.07 Å². The summed E-state index contributed by atoms with van der Waals surface area (Å²) >= 11 is 0. The third-order valence-electron chi connectivity index (χ3n) is 3.43. The van der Waals surface area contributed by atoms with Crippen molar-refractivity contribution >= 4 is 5.69 Å². The molecule has 0 aromatic heterocycles. The molecular formula is C13H16FN3. The van der Waals surface area contributed by atoms with Crippen LogP contribution in [0.4, 0.5) is 10.1 Å². The number of anilines is 1. The van der Waals surface area contributed by atoms with Crippen LogP contribution in [-0.2, 0) is 0 Å². The van der Waals surface area contributed by atoms with E-state index in [9.17, 15) is 4.39 Å². The second-order valence-corrected chi connectivity index (χ2v) is 4.45. The molecule has 4 heteroatoms. The minimum Gasteiger partial charge on any atom is -0.381 e. The second-order valence-electron chi connectivity index (χ2n) is 4.45. The summed E-state index contributed by atoms with van der Waals surface area (Å²) in [5.41, 5.74) is 6.37. The molecule has 0 spiro atoms. The lowest BCUT2D eigenvalue weighted by Crippen LogP contribution is -2.29. The third-order valence-corrected chi connectivity index (χ3v) is 3.43. The van der Waals surface area contributed by atoms with Gasteiger partial charge in [-0.2, -0.15) is 5.26 Å². The smallest absolute Gasteiger partial charge is 0.143 e. The Balaban J connectivity index is 2.19. The summed E-state index contributed by atoms with van der Waals surface area (Å²) in [5, 5.41) is 12.2. The van der Waals surface area contributed by atoms with Gasteiger partial charge in [0.05, 0.1) is 5.69 Å². The van der Waals surface area contributed by atoms with Gasteiger partial charge in [-0.05, 0) is 37.4 Å². The van der Waals surface area contributed by atoms with Gasteiger partial charge in [-0.1, -0.05) is 12.5 Å². The molecule has 2 rings (SSSR count). The lowest BCUT2D eigenvalue weighted by Gasteiger charge is -2.21. The van der Waals surface area contributed by atoms with Gasteiger partial charge in [0.15, 0.2) is 0 Å². The van der Waals surface area contributed by atoms with E-state index in [2.05, 4.69) is 5.32 Å². The van der Waals surface area contributed by atoms with Crippen molar-refractivity contribution < 1.29 is 4.39 Å². The first kappa shape index (κ1) is 11.9. The van der Waals surface area contributed by atoms with E-state index in [0.717, 1.165) is 19.3 Å². The highest BCUT2D eigenvalue weighted by molar-refractivity contribution is 5.58. The molecule has 1 saturated carbocycles. The van der Waals surface area contributed by atoms with Crippen LogP contribution in [0.3, 0.4) is 0 Å². The van der Waals surface area contributed by atoms with Gasteiger partial charge in [0.1, 0.15) is 17.4 Å². The van der Waals surface area contributed by atoms with Crippen molar-refractivity contribution in [2.75, 3.05) is 11.9 Å². The molecule has 1 aliphatic rings. The second kappa shape index (κ2) is 5.15. The Bertz CT molecular complexity index is 439. The number of nitrogens with two attached hydrogens (primary N) is 1. The highest BCUT2D eigenvalue weighted by atomic mass is 19.1. The van der Waals surface area contributed by atoms with Crippen LogP contribution in [0.1, 0.15) is 24.8 Å². The van der Waals surface area contributed by atoms with Crippen LogP contribution in [-0.4, -0.2) is 12.6 Å². The van der Waals surface area contributed by atoms with Crippen molar-refractivity contribution in [3.05, 3.63) is 29.6 Å². The van der Waals surface area contributed by atoms with Gasteiger partial charge in [0.25, 0.3) is 0 Å². The molecule has 17 heavy (non-hydrogen) atoms. The van der Waals surface area contributed by atoms with Crippen molar-refractivity contribution in [2.45, 2.75) is 25.3 Å². The average molecular weight is 233 g/mol. The Morgan fingerprint density at radius 2 is 2.29 bits per heavy atom. The van der Waals surface area contributed by atoms with E-state index in [1.807, 2.05) is 6.07 Å². The molecule has 0 amide bonds. The third kappa shape index (κ3) is 2.40. The molecular weight excluding hydrogens is 217 g/mol. The minimum absolute atomic E-state index is 0.0928. The van der Waals surface area contributed by atoms with Gasteiger partial charge in [-0.25, -0.2) is 4.39 Å². The van der Waals surface area contributed by atoms with E-state index in [1.54, 1.807) is 12.1 Å². The maximum absolute atomic E-state index is 13.4. The Morgan fingerprint density at radius 3 is 3.00 bits per heavy atom. The molecule has 0 bridgehead atoms. The highest BCUT2D eigenvalue weighted by Crippen LogP contribution is 2.29. The molecule has 1 fully saturated rings. The first-order valence-corrected chi connectivity index (χ1v) is 5.91. The number of nitriles is 1. The van der Waals surface area contributed by atoms with E-state index in [4.69, 9.17) is 11.0 Å². The zero-order valence-corrected chi connectivity index (χ0v) is 9.62. The number of nitrogens with zero attached hydrogens (tertiary/aromatic N) is 1. The van der Waals surface area contributed by atoms with Crippen LogP contribution in [0.25, 0.3) is 0 Å². The van der Waals surface area contributed by atoms with Gasteiger partial charge in [0.2, 0.25) is 0 Å². The van der Waals surface area contributed by atoms with Crippen LogP contribution in [0.15, 0.2) is 18.2 Å². The Labute approximate surface area is 100 Å². The predicted molar refractivity (Wildman–Crippen MR) is 64.9 cm³/mol. The molecule has 0 radical (unpaired) electrons. The van der Waals surface area contributed by atoms with Gasteiger partial charge in [-0.3, -0.25) is 0 Å². The van der Waals surface area contributed by atoms with Gasteiger partial charge >= 0.3 is 0 Å². The molecule has 1 aliphatic carbocycles. The van der Waals surface area contributed by atoms with Gasteiger partial charge in [0, 0.05) is 6.04 Å². The predicted octanol–water partition coefficient (Wildman–Crippen LogP) is 2.24. The molecule has 0 aliphatic heterocycles. The number of rotatable bonds is 3. The Morgan fingerprint density at radius 1 is 1.47 bits per heavy atom. The normalized spacial score (nSPS) is 23.4. The van der Waals surface area contributed by atoms with Crippen LogP contribution < -0.4 is 11.1 Å². The maximum atomic E-state index is 13.4. The van der Waals surface area contributed by atoms with Crippen LogP contribution in [0.2, 0.25) is 0 Å². The molecule has 1 aromatic rings. The van der Waals surface area contributed by atoms with Gasteiger partial charge < -0.3 is 11.1 Å². The van der Waals surface area contributed by atoms with Crippen LogP contribution in [0, 0.1) is 23.1 Å². The average Bonchev–Trinajstić information content (AvgIpc) is 2.77. The van der Waals surface area contributed by atoms with Crippen molar-refractivity contribution in [1.29, 1.82) is 5.26 Å². The first-order valence-electron chi connectivity index (χ1n) is 5.91. The minimum atomic E-state index is -0.472. The summed E-state index contributed by atoms with van der Waals surface area (Å²) in [4.78, 5) is 0. The number of nitrogens with one attached hydrogen (secondary N) is 1. The molecule has 3 N–H and O–H groups in total. The van der Waals surface area contributed by atoms with Crippen molar-refractivity contribution in [2.24, 2.45) is 11.7 Å². The van der Waals surface area contributed by atoms with Gasteiger partial charge in [-0.15, -0.1) is 0 Å². The van der Waals surface area contributed by atoms with Crippen molar-refractivity contribution in [1.82, 2.24) is 0 Å². The number of benzene rings is 1. The fourth-order valence-corrected chi connectivity index (χ4v) is 2.47. The summed E-state index contributed by atoms with van der Waals surface area (Å²) in [6.07, 6.45) is 3.27. The summed E-state index contributed by atoms with van der Waals surface area (Å²) in [7, 11) is 0. The quantitative estimate of drug-likeness (QED) is 0.841. The molecule has 0 heterocycles. The SMILES string of the molecule is N#Cc1c(F)cccc1NC1CCCC1CN. The molecule has 1 aromatic carbocycles. The van der Waals surface area contributed by atoms with Crippen molar-refractivity contribution in [3.63, 3.8) is 0 Å². The fourth-order valence-electron chi connectivity index (χ4n) is 2.47. The maximum Gasteiger partial charge on any atom is 0.143 e. The summed E-state index contributed by atoms with van der Waals surface area (Å²) < 4.78 is 13.4. The molecule has 90 valence electrons. The first-order chi connectivity index (χ1) is 8.26. The van der Waals surface area contributed by atoms with E-state index in [-0.39, 0.29) is 11.6 Å². The molecule has 0 saturated heterocycles. The summed E-state index contributed by atoms with van der Waals surface area (Å²) in [6.45, 7) is 0.634. The zero-order chi connectivity index (χ0) is 12.3. The Hall–Kier alpha value is -1.60. The zero-order valence-electron chi connectivity index (χ0n) is 9.62.